The van der Waals surface area contributed by atoms with E-state index in [4.69, 9.17) is 9.84 Å². The number of ether oxygens (including phenoxy) is 1. The first kappa shape index (κ1) is 17.2. The maximum absolute atomic E-state index is 13.2. The van der Waals surface area contributed by atoms with Crippen molar-refractivity contribution < 1.29 is 19.0 Å². The van der Waals surface area contributed by atoms with Crippen LogP contribution in [0.1, 0.15) is 35.7 Å². The third-order valence-corrected chi connectivity index (χ3v) is 2.63. The Labute approximate surface area is 124 Å². The number of hydrogen-bond acceptors (Lipinski definition) is 3. The summed E-state index contributed by atoms with van der Waals surface area (Å²) < 4.78 is 18.5. The molecule has 0 fully saturated rings. The molecule has 0 saturated heterocycles. The Kier molecular flexibility index (Phi) is 8.10. The molecule has 21 heavy (non-hydrogen) atoms. The van der Waals surface area contributed by atoms with Gasteiger partial charge in [-0.3, -0.25) is 4.79 Å². The molecule has 0 heterocycles. The van der Waals surface area contributed by atoms with Crippen LogP contribution in [0.5, 0.6) is 0 Å². The van der Waals surface area contributed by atoms with Gasteiger partial charge in [0.1, 0.15) is 12.4 Å². The second-order valence-electron chi connectivity index (χ2n) is 4.37. The summed E-state index contributed by atoms with van der Waals surface area (Å²) in [6.07, 6.45) is 1.68. The van der Waals surface area contributed by atoms with Crippen molar-refractivity contribution in [3.05, 3.63) is 35.1 Å². The smallest absolute Gasteiger partial charge is 0.252 e. The van der Waals surface area contributed by atoms with Crippen molar-refractivity contribution in [3.8, 4) is 11.8 Å². The molecule has 2 N–H and O–H groups in total. The quantitative estimate of drug-likeness (QED) is 0.594. The van der Waals surface area contributed by atoms with Crippen LogP contribution in [0.25, 0.3) is 0 Å². The van der Waals surface area contributed by atoms with Gasteiger partial charge in [0.05, 0.1) is 5.56 Å². The number of carbonyl (C=O) groups is 1. The first-order valence-corrected chi connectivity index (χ1v) is 6.94. The summed E-state index contributed by atoms with van der Waals surface area (Å²) in [7, 11) is 0. The van der Waals surface area contributed by atoms with E-state index < -0.39 is 5.82 Å². The number of nitrogens with one attached hydrogen (secondary N) is 1. The van der Waals surface area contributed by atoms with Crippen LogP contribution in [-0.4, -0.2) is 37.4 Å². The number of carbonyl (C=O) groups excluding carboxylic acids is 1. The monoisotopic (exact) mass is 293 g/mol. The molecule has 0 unspecified atom stereocenters. The van der Waals surface area contributed by atoms with Crippen molar-refractivity contribution in [2.24, 2.45) is 0 Å². The largest absolute Gasteiger partial charge is 0.384 e. The van der Waals surface area contributed by atoms with E-state index in [-0.39, 0.29) is 18.1 Å². The molecule has 1 aromatic carbocycles. The fourth-order valence-electron chi connectivity index (χ4n) is 1.67. The average Bonchev–Trinajstić information content (AvgIpc) is 2.48. The lowest BCUT2D eigenvalue weighted by molar-refractivity contribution is 0.0941. The highest BCUT2D eigenvalue weighted by Crippen LogP contribution is 2.10. The molecule has 5 heteroatoms. The second kappa shape index (κ2) is 9.92. The first-order chi connectivity index (χ1) is 10.2. The molecule has 0 aromatic heterocycles. The number of hydrogen-bond donors (Lipinski definition) is 2. The van der Waals surface area contributed by atoms with Crippen LogP contribution < -0.4 is 5.32 Å². The number of rotatable bonds is 7. The van der Waals surface area contributed by atoms with Gasteiger partial charge in [-0.05, 0) is 31.0 Å². The number of amides is 1. The third kappa shape index (κ3) is 6.39. The number of benzene rings is 1. The summed E-state index contributed by atoms with van der Waals surface area (Å²) >= 11 is 0. The van der Waals surface area contributed by atoms with E-state index >= 15 is 0 Å². The zero-order valence-electron chi connectivity index (χ0n) is 12.1. The molecule has 114 valence electrons. The predicted octanol–water partition coefficient (Wildman–Crippen LogP) is 1.72. The molecule has 0 aliphatic heterocycles. The fraction of sp³-hybridized carbons (Fsp3) is 0.438. The Balaban J connectivity index is 2.57. The molecule has 0 radical (unpaired) electrons. The predicted molar refractivity (Wildman–Crippen MR) is 78.4 cm³/mol. The summed E-state index contributed by atoms with van der Waals surface area (Å²) in [5, 5.41) is 11.4. The van der Waals surface area contributed by atoms with Gasteiger partial charge < -0.3 is 15.2 Å². The van der Waals surface area contributed by atoms with Gasteiger partial charge in [0, 0.05) is 25.3 Å². The van der Waals surface area contributed by atoms with Crippen LogP contribution in [-0.2, 0) is 4.74 Å². The lowest BCUT2D eigenvalue weighted by atomic mass is 10.1. The van der Waals surface area contributed by atoms with Crippen molar-refractivity contribution in [2.75, 3.05) is 26.4 Å². The number of halogens is 1. The average molecular weight is 293 g/mol. The van der Waals surface area contributed by atoms with Gasteiger partial charge in [-0.2, -0.15) is 0 Å². The maximum Gasteiger partial charge on any atom is 0.252 e. The normalized spacial score (nSPS) is 9.86. The molecule has 1 rings (SSSR count). The van der Waals surface area contributed by atoms with E-state index in [9.17, 15) is 9.18 Å². The summed E-state index contributed by atoms with van der Waals surface area (Å²) in [6.45, 7) is 3.48. The number of aliphatic hydroxyl groups is 1. The SMILES string of the molecule is CCCOCCCNC(=O)c1ccc(F)cc1C#CCO. The topological polar surface area (TPSA) is 58.6 Å². The van der Waals surface area contributed by atoms with Crippen molar-refractivity contribution in [2.45, 2.75) is 19.8 Å². The minimum Gasteiger partial charge on any atom is -0.384 e. The van der Waals surface area contributed by atoms with Crippen LogP contribution >= 0.6 is 0 Å². The summed E-state index contributed by atoms with van der Waals surface area (Å²) in [5.74, 6) is 4.21. The van der Waals surface area contributed by atoms with Crippen LogP contribution in [0.2, 0.25) is 0 Å². The standard InChI is InChI=1S/C16H20FNO3/c1-2-10-21-11-4-8-18-16(20)15-7-6-14(17)12-13(15)5-3-9-19/h6-7,12,19H,2,4,8-11H2,1H3,(H,18,20). The van der Waals surface area contributed by atoms with E-state index in [2.05, 4.69) is 17.2 Å². The van der Waals surface area contributed by atoms with E-state index in [1.54, 1.807) is 0 Å². The molecule has 0 spiro atoms. The Morgan fingerprint density at radius 1 is 1.43 bits per heavy atom. The van der Waals surface area contributed by atoms with E-state index in [0.717, 1.165) is 6.42 Å². The van der Waals surface area contributed by atoms with E-state index in [1.807, 2.05) is 6.92 Å². The van der Waals surface area contributed by atoms with E-state index in [0.29, 0.717) is 31.7 Å². The van der Waals surface area contributed by atoms with Crippen molar-refractivity contribution in [3.63, 3.8) is 0 Å². The highest BCUT2D eigenvalue weighted by atomic mass is 19.1. The second-order valence-corrected chi connectivity index (χ2v) is 4.37. The summed E-state index contributed by atoms with van der Waals surface area (Å²) in [4.78, 5) is 12.0. The molecule has 1 amide bonds. The van der Waals surface area contributed by atoms with Gasteiger partial charge in [-0.25, -0.2) is 4.39 Å². The molecular formula is C16H20FNO3. The van der Waals surface area contributed by atoms with Gasteiger partial charge >= 0.3 is 0 Å². The molecule has 4 nitrogen and oxygen atoms in total. The van der Waals surface area contributed by atoms with Crippen molar-refractivity contribution >= 4 is 5.91 Å². The number of aliphatic hydroxyl groups excluding tert-OH is 1. The minimum absolute atomic E-state index is 0.267. The van der Waals surface area contributed by atoms with Gasteiger partial charge in [-0.15, -0.1) is 0 Å². The van der Waals surface area contributed by atoms with E-state index in [1.165, 1.54) is 18.2 Å². The molecule has 0 aliphatic carbocycles. The highest BCUT2D eigenvalue weighted by Gasteiger charge is 2.10. The zero-order chi connectivity index (χ0) is 15.5. The first-order valence-electron chi connectivity index (χ1n) is 6.94. The van der Waals surface area contributed by atoms with Crippen LogP contribution in [0, 0.1) is 17.7 Å². The lowest BCUT2D eigenvalue weighted by Crippen LogP contribution is -2.26. The lowest BCUT2D eigenvalue weighted by Gasteiger charge is -2.07. The maximum atomic E-state index is 13.2. The van der Waals surface area contributed by atoms with Gasteiger partial charge in [0.2, 0.25) is 0 Å². The molecular weight excluding hydrogens is 273 g/mol. The zero-order valence-corrected chi connectivity index (χ0v) is 12.1. The van der Waals surface area contributed by atoms with Gasteiger partial charge in [-0.1, -0.05) is 18.8 Å². The van der Waals surface area contributed by atoms with Gasteiger partial charge in [0.25, 0.3) is 5.91 Å². The Bertz CT molecular complexity index is 520. The highest BCUT2D eigenvalue weighted by molar-refractivity contribution is 5.96. The molecule has 0 aliphatic rings. The summed E-state index contributed by atoms with van der Waals surface area (Å²) in [5.41, 5.74) is 0.565. The van der Waals surface area contributed by atoms with Crippen LogP contribution in [0.15, 0.2) is 18.2 Å². The Morgan fingerprint density at radius 3 is 2.95 bits per heavy atom. The van der Waals surface area contributed by atoms with Crippen molar-refractivity contribution in [1.29, 1.82) is 0 Å². The van der Waals surface area contributed by atoms with Crippen LogP contribution in [0.4, 0.5) is 4.39 Å². The van der Waals surface area contributed by atoms with Crippen LogP contribution in [0.3, 0.4) is 0 Å². The molecule has 0 saturated carbocycles. The Hall–Kier alpha value is -1.90. The third-order valence-electron chi connectivity index (χ3n) is 2.63. The molecule has 1 aromatic rings. The van der Waals surface area contributed by atoms with Crippen molar-refractivity contribution in [1.82, 2.24) is 5.32 Å². The Morgan fingerprint density at radius 2 is 2.24 bits per heavy atom. The minimum atomic E-state index is -0.471. The van der Waals surface area contributed by atoms with Gasteiger partial charge in [0.15, 0.2) is 0 Å². The molecule has 0 atom stereocenters. The fourth-order valence-corrected chi connectivity index (χ4v) is 1.67. The summed E-state index contributed by atoms with van der Waals surface area (Å²) in [6, 6.07) is 3.78. The molecule has 0 bridgehead atoms.